The molecule has 0 saturated carbocycles. The maximum atomic E-state index is 13.2. The molecule has 2 aromatic carbocycles. The van der Waals surface area contributed by atoms with Crippen LogP contribution in [0.5, 0.6) is 0 Å². The van der Waals surface area contributed by atoms with Crippen molar-refractivity contribution in [1.82, 2.24) is 10.2 Å². The fourth-order valence-corrected chi connectivity index (χ4v) is 2.96. The molecule has 0 atom stereocenters. The number of aromatic nitrogens is 2. The van der Waals surface area contributed by atoms with Gasteiger partial charge in [-0.25, -0.2) is 4.39 Å². The summed E-state index contributed by atoms with van der Waals surface area (Å²) in [7, 11) is 0. The molecule has 0 bridgehead atoms. The number of nitro benzene ring substituents is 1. The third kappa shape index (κ3) is 5.08. The lowest BCUT2D eigenvalue weighted by molar-refractivity contribution is -0.384. The number of nitro groups is 1. The fourth-order valence-electron chi connectivity index (χ4n) is 2.20. The van der Waals surface area contributed by atoms with Gasteiger partial charge in [0.25, 0.3) is 11.6 Å². The van der Waals surface area contributed by atoms with Gasteiger partial charge in [0.2, 0.25) is 0 Å². The third-order valence-electron chi connectivity index (χ3n) is 3.48. The Bertz CT molecular complexity index is 982. The number of thioether (sulfide) groups is 1. The molecule has 0 spiro atoms. The molecular weight excluding hydrogens is 371 g/mol. The molecule has 1 aromatic heterocycles. The van der Waals surface area contributed by atoms with Crippen LogP contribution in [0.1, 0.15) is 15.9 Å². The zero-order valence-electron chi connectivity index (χ0n) is 13.8. The van der Waals surface area contributed by atoms with Gasteiger partial charge in [0, 0.05) is 23.4 Å². The van der Waals surface area contributed by atoms with E-state index in [0.29, 0.717) is 10.8 Å². The Morgan fingerprint density at radius 2 is 1.93 bits per heavy atom. The van der Waals surface area contributed by atoms with Crippen molar-refractivity contribution in [2.24, 2.45) is 0 Å². The van der Waals surface area contributed by atoms with Crippen LogP contribution >= 0.6 is 11.8 Å². The van der Waals surface area contributed by atoms with E-state index in [4.69, 9.17) is 0 Å². The van der Waals surface area contributed by atoms with Crippen molar-refractivity contribution in [3.05, 3.63) is 87.7 Å². The van der Waals surface area contributed by atoms with Gasteiger partial charge in [0.15, 0.2) is 5.82 Å². The van der Waals surface area contributed by atoms with Crippen LogP contribution in [0.15, 0.2) is 65.7 Å². The number of anilines is 1. The predicted octanol–water partition coefficient (Wildman–Crippen LogP) is 4.07. The Balaban J connectivity index is 1.59. The van der Waals surface area contributed by atoms with Crippen LogP contribution in [0.3, 0.4) is 0 Å². The highest BCUT2D eigenvalue weighted by atomic mass is 32.2. The van der Waals surface area contributed by atoms with Crippen LogP contribution in [0.4, 0.5) is 15.9 Å². The number of nitrogens with one attached hydrogen (secondary N) is 1. The lowest BCUT2D eigenvalue weighted by Gasteiger charge is -2.05. The minimum Gasteiger partial charge on any atom is -0.305 e. The van der Waals surface area contributed by atoms with Crippen molar-refractivity contribution in [3.63, 3.8) is 0 Å². The number of halogens is 1. The summed E-state index contributed by atoms with van der Waals surface area (Å²) < 4.78 is 13.2. The number of amides is 1. The van der Waals surface area contributed by atoms with E-state index in [1.165, 1.54) is 42.1 Å². The van der Waals surface area contributed by atoms with Gasteiger partial charge in [-0.05, 0) is 35.9 Å². The van der Waals surface area contributed by atoms with Crippen LogP contribution in [-0.2, 0) is 5.75 Å². The van der Waals surface area contributed by atoms with E-state index in [-0.39, 0.29) is 17.1 Å². The van der Waals surface area contributed by atoms with Crippen LogP contribution in [0, 0.1) is 15.9 Å². The summed E-state index contributed by atoms with van der Waals surface area (Å²) in [4.78, 5) is 22.4. The third-order valence-corrected chi connectivity index (χ3v) is 4.47. The van der Waals surface area contributed by atoms with Crippen LogP contribution in [0.2, 0.25) is 0 Å². The number of hydrogen-bond acceptors (Lipinski definition) is 6. The normalized spacial score (nSPS) is 10.4. The van der Waals surface area contributed by atoms with Gasteiger partial charge >= 0.3 is 0 Å². The van der Waals surface area contributed by atoms with Gasteiger partial charge in [0.1, 0.15) is 10.8 Å². The van der Waals surface area contributed by atoms with Crippen LogP contribution in [0.25, 0.3) is 0 Å². The summed E-state index contributed by atoms with van der Waals surface area (Å²) >= 11 is 1.36. The van der Waals surface area contributed by atoms with E-state index in [9.17, 15) is 19.3 Å². The monoisotopic (exact) mass is 384 g/mol. The molecule has 3 rings (SSSR count). The van der Waals surface area contributed by atoms with Gasteiger partial charge in [-0.15, -0.1) is 10.2 Å². The quantitative estimate of drug-likeness (QED) is 0.391. The fraction of sp³-hybridized carbons (Fsp3) is 0.0556. The average molecular weight is 384 g/mol. The summed E-state index contributed by atoms with van der Waals surface area (Å²) in [6.45, 7) is 0. The van der Waals surface area contributed by atoms with E-state index in [2.05, 4.69) is 15.5 Å². The number of benzene rings is 2. The molecule has 136 valence electrons. The SMILES string of the molecule is O=C(Nc1ccc(SCc2cccc([N+](=O)[O-])c2)nn1)c1cccc(F)c1. The van der Waals surface area contributed by atoms with E-state index in [0.717, 1.165) is 11.6 Å². The molecule has 0 unspecified atom stereocenters. The zero-order valence-corrected chi connectivity index (χ0v) is 14.6. The van der Waals surface area contributed by atoms with E-state index < -0.39 is 16.6 Å². The first kappa shape index (κ1) is 18.5. The topological polar surface area (TPSA) is 98.0 Å². The highest BCUT2D eigenvalue weighted by Crippen LogP contribution is 2.23. The smallest absolute Gasteiger partial charge is 0.269 e. The summed E-state index contributed by atoms with van der Waals surface area (Å²) in [6, 6.07) is 15.0. The van der Waals surface area contributed by atoms with Crippen LogP contribution in [-0.4, -0.2) is 21.0 Å². The van der Waals surface area contributed by atoms with Gasteiger partial charge < -0.3 is 5.32 Å². The van der Waals surface area contributed by atoms with Crippen molar-refractivity contribution >= 4 is 29.2 Å². The molecule has 0 saturated heterocycles. The number of carbonyl (C=O) groups excluding carboxylic acids is 1. The minimum absolute atomic E-state index is 0.0367. The van der Waals surface area contributed by atoms with Gasteiger partial charge in [-0.2, -0.15) is 0 Å². The lowest BCUT2D eigenvalue weighted by atomic mass is 10.2. The maximum Gasteiger partial charge on any atom is 0.269 e. The number of nitrogens with zero attached hydrogens (tertiary/aromatic N) is 3. The average Bonchev–Trinajstić information content (AvgIpc) is 2.67. The van der Waals surface area contributed by atoms with Crippen molar-refractivity contribution in [3.8, 4) is 0 Å². The Morgan fingerprint density at radius 1 is 1.11 bits per heavy atom. The van der Waals surface area contributed by atoms with Crippen molar-refractivity contribution < 1.29 is 14.1 Å². The predicted molar refractivity (Wildman–Crippen MR) is 99.0 cm³/mol. The molecule has 1 heterocycles. The second-order valence-electron chi connectivity index (χ2n) is 5.44. The molecule has 0 aliphatic rings. The molecule has 1 N–H and O–H groups in total. The summed E-state index contributed by atoms with van der Waals surface area (Å²) in [6.07, 6.45) is 0. The molecule has 7 nitrogen and oxygen atoms in total. The second kappa shape index (κ2) is 8.37. The molecule has 1 amide bonds. The van der Waals surface area contributed by atoms with Crippen molar-refractivity contribution in [2.45, 2.75) is 10.8 Å². The minimum atomic E-state index is -0.498. The van der Waals surface area contributed by atoms with E-state index in [1.54, 1.807) is 24.3 Å². The molecule has 0 radical (unpaired) electrons. The number of carbonyl (C=O) groups is 1. The molecule has 3 aromatic rings. The number of non-ortho nitro benzene ring substituents is 1. The van der Waals surface area contributed by atoms with E-state index in [1.807, 2.05) is 0 Å². The number of rotatable bonds is 6. The standard InChI is InChI=1S/C18H13FN4O3S/c19-14-5-2-4-13(10-14)18(24)20-16-7-8-17(22-21-16)27-11-12-3-1-6-15(9-12)23(25)26/h1-10H,11H2,(H,20,21,24). The zero-order chi connectivity index (χ0) is 19.2. The van der Waals surface area contributed by atoms with Crippen molar-refractivity contribution in [2.75, 3.05) is 5.32 Å². The highest BCUT2D eigenvalue weighted by Gasteiger charge is 2.09. The van der Waals surface area contributed by atoms with Crippen molar-refractivity contribution in [1.29, 1.82) is 0 Å². The second-order valence-corrected chi connectivity index (χ2v) is 6.43. The first-order valence-electron chi connectivity index (χ1n) is 7.78. The maximum absolute atomic E-state index is 13.2. The molecule has 9 heteroatoms. The molecular formula is C18H13FN4O3S. The van der Waals surface area contributed by atoms with Gasteiger partial charge in [0.05, 0.1) is 4.92 Å². The van der Waals surface area contributed by atoms with E-state index >= 15 is 0 Å². The number of hydrogen-bond donors (Lipinski definition) is 1. The Labute approximate surface area is 157 Å². The molecule has 0 aliphatic heterocycles. The van der Waals surface area contributed by atoms with Crippen LogP contribution < -0.4 is 5.32 Å². The largest absolute Gasteiger partial charge is 0.305 e. The Morgan fingerprint density at radius 3 is 2.63 bits per heavy atom. The summed E-state index contributed by atoms with van der Waals surface area (Å²) in [5, 5.41) is 21.9. The molecule has 0 aliphatic carbocycles. The molecule has 27 heavy (non-hydrogen) atoms. The van der Waals surface area contributed by atoms with Gasteiger partial charge in [-0.3, -0.25) is 14.9 Å². The molecule has 0 fully saturated rings. The summed E-state index contributed by atoms with van der Waals surface area (Å²) in [5.41, 5.74) is 1.01. The Hall–Kier alpha value is -3.33. The highest BCUT2D eigenvalue weighted by molar-refractivity contribution is 7.98. The first-order chi connectivity index (χ1) is 13.0. The first-order valence-corrected chi connectivity index (χ1v) is 8.76. The Kier molecular flexibility index (Phi) is 5.72. The lowest BCUT2D eigenvalue weighted by Crippen LogP contribution is -2.13. The van der Waals surface area contributed by atoms with Gasteiger partial charge in [-0.1, -0.05) is 30.0 Å². The summed E-state index contributed by atoms with van der Waals surface area (Å²) in [5.74, 6) is -0.253.